The second kappa shape index (κ2) is 11.6. The monoisotopic (exact) mass is 682 g/mol. The summed E-state index contributed by atoms with van der Waals surface area (Å²) in [6.45, 7) is 10.6. The number of benzene rings is 5. The molecule has 256 valence electrons. The molecular weight excluding hydrogens is 637 g/mol. The zero-order valence-electron chi connectivity index (χ0n) is 33.3. The molecule has 7 heteroatoms. The van der Waals surface area contributed by atoms with Crippen LogP contribution in [-0.4, -0.2) is 16.5 Å². The first-order chi connectivity index (χ1) is 26.2. The van der Waals surface area contributed by atoms with E-state index in [2.05, 4.69) is 142 Å². The average molecular weight is 683 g/mol. The molecule has 2 aliphatic rings. The third-order valence-corrected chi connectivity index (χ3v) is 10.3. The van der Waals surface area contributed by atoms with Crippen LogP contribution < -0.4 is 24.4 Å². The van der Waals surface area contributed by atoms with E-state index in [1.54, 1.807) is 0 Å². The van der Waals surface area contributed by atoms with Gasteiger partial charge in [0.2, 0.25) is 6.33 Å². The molecule has 0 bridgehead atoms. The van der Waals surface area contributed by atoms with Gasteiger partial charge in [-0.2, -0.15) is 0 Å². The Labute approximate surface area is 310 Å². The number of hydrogen-bond acceptors (Lipinski definition) is 4. The lowest BCUT2D eigenvalue weighted by Crippen LogP contribution is -2.55. The van der Waals surface area contributed by atoms with Crippen LogP contribution in [0.2, 0.25) is 0 Å². The zero-order chi connectivity index (χ0) is 38.4. The summed E-state index contributed by atoms with van der Waals surface area (Å²) in [5, 5.41) is 0. The van der Waals surface area contributed by atoms with E-state index < -0.39 is 6.98 Å². The maximum atomic E-state index is 8.20. The fourth-order valence-electron chi connectivity index (χ4n) is 7.61. The van der Waals surface area contributed by atoms with Crippen LogP contribution in [0.4, 0.5) is 22.9 Å². The predicted molar refractivity (Wildman–Crippen MR) is 213 cm³/mol. The Kier molecular flexibility index (Phi) is 6.44. The summed E-state index contributed by atoms with van der Waals surface area (Å²) >= 11 is 0. The lowest BCUT2D eigenvalue weighted by Gasteiger charge is -2.36. The minimum atomic E-state index is -2.39. The van der Waals surface area contributed by atoms with Gasteiger partial charge in [0.1, 0.15) is 17.3 Å². The van der Waals surface area contributed by atoms with E-state index in [-0.39, 0.29) is 17.8 Å². The molecule has 52 heavy (non-hydrogen) atoms. The van der Waals surface area contributed by atoms with E-state index in [1.807, 2.05) is 47.2 Å². The van der Waals surface area contributed by atoms with Gasteiger partial charge in [-0.15, -0.1) is 0 Å². The molecule has 0 amide bonds. The first-order valence-electron chi connectivity index (χ1n) is 19.3. The summed E-state index contributed by atoms with van der Waals surface area (Å²) in [4.78, 5) is 9.77. The predicted octanol–water partition coefficient (Wildman–Crippen LogP) is 9.70. The van der Waals surface area contributed by atoms with Gasteiger partial charge in [0, 0.05) is 23.5 Å². The molecule has 0 fully saturated rings. The molecule has 2 aromatic heterocycles. The number of hydrogen-bond donors (Lipinski definition) is 0. The summed E-state index contributed by atoms with van der Waals surface area (Å²) in [5.74, 6) is 2.18. The molecule has 0 unspecified atom stereocenters. The Morgan fingerprint density at radius 2 is 1.42 bits per heavy atom. The molecule has 0 N–H and O–H groups in total. The topological polar surface area (TPSA) is 37.4 Å². The minimum Gasteiger partial charge on any atom is -0.458 e. The van der Waals surface area contributed by atoms with E-state index >= 15 is 0 Å². The molecule has 0 saturated heterocycles. The molecule has 0 radical (unpaired) electrons. The third-order valence-electron chi connectivity index (χ3n) is 10.3. The standard InChI is InChI=1S/C45H42BN5O/c1-44(2,3)30-22-23-47-43(26-30)51-42-28-33(20-21-41(42)50-38-17-11-9-15-36(38)35-14-8-10-16-37(35)46(50)51)52-34-25-31(45(4,5)6)24-32(27-34)49-29-48(7)39-18-12-13-19-40(39)49/h8-28H,1-7H3/i7D3. The molecular formula is C45H42BN5O. The number of anilines is 4. The Balaban J connectivity index is 1.20. The van der Waals surface area contributed by atoms with Crippen LogP contribution in [0.1, 0.15) is 56.8 Å². The van der Waals surface area contributed by atoms with Crippen molar-refractivity contribution in [2.45, 2.75) is 52.4 Å². The van der Waals surface area contributed by atoms with Crippen LogP contribution >= 0.6 is 0 Å². The Morgan fingerprint density at radius 3 is 2.23 bits per heavy atom. The number of aromatic nitrogens is 3. The van der Waals surface area contributed by atoms with Gasteiger partial charge in [0.15, 0.2) is 0 Å². The van der Waals surface area contributed by atoms with Crippen LogP contribution in [0.15, 0.2) is 128 Å². The third kappa shape index (κ3) is 5.18. The van der Waals surface area contributed by atoms with Crippen LogP contribution in [0.3, 0.4) is 0 Å². The van der Waals surface area contributed by atoms with Crippen molar-refractivity contribution in [3.63, 3.8) is 0 Å². The van der Waals surface area contributed by atoms with Crippen LogP contribution in [0, 0.1) is 6.33 Å². The number of aryl methyl sites for hydroxylation is 1. The molecule has 9 rings (SSSR count). The van der Waals surface area contributed by atoms with E-state index in [9.17, 15) is 0 Å². The summed E-state index contributed by atoms with van der Waals surface area (Å²) in [6.07, 6.45) is 5.04. The highest BCUT2D eigenvalue weighted by Gasteiger charge is 2.48. The number of pyridine rings is 1. The highest BCUT2D eigenvalue weighted by atomic mass is 16.5. The highest BCUT2D eigenvalue weighted by molar-refractivity contribution is 6.86. The quantitative estimate of drug-likeness (QED) is 0.105. The van der Waals surface area contributed by atoms with Gasteiger partial charge in [0.25, 0.3) is 0 Å². The lowest BCUT2D eigenvalue weighted by atomic mass is 9.59. The van der Waals surface area contributed by atoms with Gasteiger partial charge in [-0.05, 0) is 75.4 Å². The Morgan fingerprint density at radius 1 is 0.673 bits per heavy atom. The maximum absolute atomic E-state index is 8.20. The molecule has 4 heterocycles. The second-order valence-corrected chi connectivity index (χ2v) is 15.8. The van der Waals surface area contributed by atoms with Crippen molar-refractivity contribution in [2.24, 2.45) is 6.98 Å². The van der Waals surface area contributed by atoms with Crippen molar-refractivity contribution in [1.82, 2.24) is 9.55 Å². The van der Waals surface area contributed by atoms with Gasteiger partial charge >= 0.3 is 6.98 Å². The van der Waals surface area contributed by atoms with E-state index in [0.717, 1.165) is 39.6 Å². The number of fused-ring (bicyclic) bond motifs is 9. The van der Waals surface area contributed by atoms with Crippen LogP contribution in [-0.2, 0) is 17.8 Å². The number of rotatable bonds is 4. The molecule has 6 nitrogen and oxygen atoms in total. The van der Waals surface area contributed by atoms with Gasteiger partial charge in [0.05, 0.1) is 39.2 Å². The smallest absolute Gasteiger partial charge is 0.422 e. The van der Waals surface area contributed by atoms with Gasteiger partial charge in [-0.25, -0.2) is 4.98 Å². The van der Waals surface area contributed by atoms with Crippen molar-refractivity contribution in [3.8, 4) is 28.3 Å². The number of imidazole rings is 1. The van der Waals surface area contributed by atoms with Crippen LogP contribution in [0.25, 0.3) is 27.8 Å². The van der Waals surface area contributed by atoms with Crippen LogP contribution in [0.5, 0.6) is 11.5 Å². The van der Waals surface area contributed by atoms with Crippen molar-refractivity contribution in [2.75, 3.05) is 9.62 Å². The molecule has 0 aliphatic carbocycles. The first-order valence-corrected chi connectivity index (χ1v) is 17.8. The normalized spacial score (nSPS) is 14.7. The summed E-state index contributed by atoms with van der Waals surface area (Å²) in [5.41, 5.74) is 10.8. The van der Waals surface area contributed by atoms with Crippen molar-refractivity contribution in [3.05, 3.63) is 145 Å². The largest absolute Gasteiger partial charge is 0.458 e. The molecule has 5 aromatic carbocycles. The van der Waals surface area contributed by atoms with Gasteiger partial charge < -0.3 is 23.5 Å². The Hall–Kier alpha value is -5.82. The number of para-hydroxylation sites is 3. The molecule has 0 spiro atoms. The van der Waals surface area contributed by atoms with E-state index in [0.29, 0.717) is 17.0 Å². The van der Waals surface area contributed by atoms with E-state index in [4.69, 9.17) is 13.8 Å². The highest BCUT2D eigenvalue weighted by Crippen LogP contribution is 2.52. The van der Waals surface area contributed by atoms with E-state index in [1.165, 1.54) is 26.7 Å². The molecule has 7 aromatic rings. The fraction of sp³-hybridized carbons (Fsp3) is 0.200. The average Bonchev–Trinajstić information content (AvgIpc) is 3.72. The lowest BCUT2D eigenvalue weighted by molar-refractivity contribution is -0.649. The van der Waals surface area contributed by atoms with Gasteiger partial charge in [-0.3, -0.25) is 0 Å². The SMILES string of the molecule is [2H]C([2H])([2H])[n+]1[c-]n(-c2cc(Oc3ccc4c(c3)N(c3cc(C(C)(C)C)ccn3)B3c5ccccc5-c5ccccc5N34)cc(C(C)(C)C)c2)c2ccccc21. The molecule has 2 aliphatic heterocycles. The number of ether oxygens (including phenoxy) is 1. The maximum Gasteiger partial charge on any atom is 0.422 e. The second-order valence-electron chi connectivity index (χ2n) is 15.8. The number of nitrogens with zero attached hydrogens (tertiary/aromatic N) is 5. The zero-order valence-corrected chi connectivity index (χ0v) is 30.3. The molecule has 0 saturated carbocycles. The summed E-state index contributed by atoms with van der Waals surface area (Å²) in [6, 6.07) is 41.5. The first kappa shape index (κ1) is 28.8. The van der Waals surface area contributed by atoms with Crippen molar-refractivity contribution < 1.29 is 13.4 Å². The summed E-state index contributed by atoms with van der Waals surface area (Å²) in [7, 11) is 0. The minimum absolute atomic E-state index is 0.0665. The fourth-order valence-corrected chi connectivity index (χ4v) is 7.61. The molecule has 0 atom stereocenters. The summed E-state index contributed by atoms with van der Waals surface area (Å²) < 4.78 is 34.5. The Bertz CT molecular complexity index is 2640. The van der Waals surface area contributed by atoms with Crippen molar-refractivity contribution in [1.29, 1.82) is 0 Å². The van der Waals surface area contributed by atoms with Gasteiger partial charge in [-0.1, -0.05) is 114 Å². The van der Waals surface area contributed by atoms with Crippen molar-refractivity contribution >= 4 is 46.4 Å².